The normalized spacial score (nSPS) is 11.8. The summed E-state index contributed by atoms with van der Waals surface area (Å²) in [5.74, 6) is -0.123. The molecular weight excluding hydrogens is 154 g/mol. The summed E-state index contributed by atoms with van der Waals surface area (Å²) in [6, 6.07) is 0. The third-order valence-corrected chi connectivity index (χ3v) is 1.05. The molecule has 0 saturated carbocycles. The van der Waals surface area contributed by atoms with Gasteiger partial charge in [0.1, 0.15) is 0 Å². The Labute approximate surface area is 72.2 Å². The van der Waals surface area contributed by atoms with E-state index in [2.05, 4.69) is 5.32 Å². The summed E-state index contributed by atoms with van der Waals surface area (Å²) >= 11 is 0. The molecule has 66 valence electrons. The Hall–Kier alpha value is -1.38. The topological polar surface area (TPSA) is 46.2 Å². The first kappa shape index (κ1) is 10.6. The number of carbonyl (C=O) groups is 2. The number of allylic oxidation sites excluding steroid dienone is 4. The van der Waals surface area contributed by atoms with Crippen LogP contribution in [-0.2, 0) is 9.59 Å². The van der Waals surface area contributed by atoms with Gasteiger partial charge in [-0.15, -0.1) is 0 Å². The van der Waals surface area contributed by atoms with Gasteiger partial charge in [-0.3, -0.25) is 9.59 Å². The summed E-state index contributed by atoms with van der Waals surface area (Å²) in [5, 5.41) is 2.58. The predicted octanol–water partition coefficient (Wildman–Crippen LogP) is 1.17. The van der Waals surface area contributed by atoms with Gasteiger partial charge in [-0.1, -0.05) is 6.08 Å². The Morgan fingerprint density at radius 3 is 2.17 bits per heavy atom. The molecule has 0 atom stereocenters. The van der Waals surface area contributed by atoms with Crippen molar-refractivity contribution >= 4 is 11.7 Å². The maximum Gasteiger partial charge on any atom is 0.220 e. The smallest absolute Gasteiger partial charge is 0.220 e. The molecule has 0 rings (SSSR count). The van der Waals surface area contributed by atoms with Crippen molar-refractivity contribution in [2.45, 2.75) is 20.8 Å². The lowest BCUT2D eigenvalue weighted by atomic mass is 10.3. The van der Waals surface area contributed by atoms with Gasteiger partial charge in [0.25, 0.3) is 0 Å². The van der Waals surface area contributed by atoms with Crippen molar-refractivity contribution in [1.82, 2.24) is 5.32 Å². The molecule has 0 fully saturated rings. The molecule has 0 aromatic rings. The van der Waals surface area contributed by atoms with Crippen LogP contribution in [0.5, 0.6) is 0 Å². The monoisotopic (exact) mass is 167 g/mol. The van der Waals surface area contributed by atoms with Gasteiger partial charge in [-0.2, -0.15) is 0 Å². The van der Waals surface area contributed by atoms with E-state index in [4.69, 9.17) is 0 Å². The van der Waals surface area contributed by atoms with E-state index < -0.39 is 0 Å². The quantitative estimate of drug-likeness (QED) is 0.506. The van der Waals surface area contributed by atoms with Crippen molar-refractivity contribution in [3.05, 3.63) is 23.9 Å². The molecule has 0 aliphatic carbocycles. The Balaban J connectivity index is 4.00. The number of nitrogens with one attached hydrogen (secondary N) is 1. The van der Waals surface area contributed by atoms with Gasteiger partial charge in [0, 0.05) is 12.6 Å². The molecule has 0 aliphatic heterocycles. The van der Waals surface area contributed by atoms with Crippen LogP contribution in [0.15, 0.2) is 23.9 Å². The van der Waals surface area contributed by atoms with Crippen molar-refractivity contribution in [2.24, 2.45) is 0 Å². The van der Waals surface area contributed by atoms with Gasteiger partial charge in [-0.05, 0) is 26.0 Å². The second kappa shape index (κ2) is 5.29. The zero-order chi connectivity index (χ0) is 9.56. The minimum absolute atomic E-state index is 0.0122. The fraction of sp³-hybridized carbons (Fsp3) is 0.333. The summed E-state index contributed by atoms with van der Waals surface area (Å²) in [6.07, 6.45) is 4.71. The van der Waals surface area contributed by atoms with Crippen LogP contribution >= 0.6 is 0 Å². The second-order valence-corrected chi connectivity index (χ2v) is 2.50. The molecule has 1 amide bonds. The first-order valence-corrected chi connectivity index (χ1v) is 3.65. The maximum atomic E-state index is 10.5. The molecule has 0 aliphatic rings. The van der Waals surface area contributed by atoms with E-state index in [9.17, 15) is 9.59 Å². The van der Waals surface area contributed by atoms with Crippen LogP contribution in [0.25, 0.3) is 0 Å². The second-order valence-electron chi connectivity index (χ2n) is 2.50. The molecule has 0 spiro atoms. The Morgan fingerprint density at radius 1 is 1.17 bits per heavy atom. The van der Waals surface area contributed by atoms with Gasteiger partial charge in [-0.25, -0.2) is 0 Å². The molecule has 0 aromatic carbocycles. The van der Waals surface area contributed by atoms with Crippen LogP contribution in [0.1, 0.15) is 20.8 Å². The fourth-order valence-corrected chi connectivity index (χ4v) is 0.647. The number of carbonyl (C=O) groups excluding carboxylic acids is 2. The van der Waals surface area contributed by atoms with E-state index in [1.165, 1.54) is 19.9 Å². The van der Waals surface area contributed by atoms with Crippen molar-refractivity contribution in [3.63, 3.8) is 0 Å². The molecule has 0 bridgehead atoms. The highest BCUT2D eigenvalue weighted by Crippen LogP contribution is 1.87. The number of rotatable bonds is 3. The van der Waals surface area contributed by atoms with Crippen LogP contribution in [0.2, 0.25) is 0 Å². The van der Waals surface area contributed by atoms with Gasteiger partial charge >= 0.3 is 0 Å². The molecule has 0 unspecified atom stereocenters. The summed E-state index contributed by atoms with van der Waals surface area (Å²) < 4.78 is 0. The van der Waals surface area contributed by atoms with E-state index in [1.54, 1.807) is 19.1 Å². The van der Waals surface area contributed by atoms with Crippen LogP contribution in [0, 0.1) is 0 Å². The third kappa shape index (κ3) is 6.74. The number of hydrogen-bond donors (Lipinski definition) is 1. The number of hydrogen-bond acceptors (Lipinski definition) is 2. The van der Waals surface area contributed by atoms with Gasteiger partial charge in [0.2, 0.25) is 5.91 Å². The van der Waals surface area contributed by atoms with E-state index in [0.29, 0.717) is 0 Å². The summed E-state index contributed by atoms with van der Waals surface area (Å²) in [7, 11) is 0. The minimum atomic E-state index is -0.111. The first-order chi connectivity index (χ1) is 5.52. The van der Waals surface area contributed by atoms with Crippen LogP contribution in [0.4, 0.5) is 0 Å². The van der Waals surface area contributed by atoms with E-state index >= 15 is 0 Å². The van der Waals surface area contributed by atoms with Crippen molar-refractivity contribution in [1.29, 1.82) is 0 Å². The fourth-order valence-electron chi connectivity index (χ4n) is 0.647. The van der Waals surface area contributed by atoms with Gasteiger partial charge < -0.3 is 5.32 Å². The average molecular weight is 167 g/mol. The van der Waals surface area contributed by atoms with Gasteiger partial charge in [0.05, 0.1) is 0 Å². The summed E-state index contributed by atoms with van der Waals surface area (Å²) in [4.78, 5) is 21.0. The maximum absolute atomic E-state index is 10.5. The summed E-state index contributed by atoms with van der Waals surface area (Å²) in [5.41, 5.74) is 0.722. The van der Waals surface area contributed by atoms with Crippen LogP contribution in [-0.4, -0.2) is 11.7 Å². The minimum Gasteiger partial charge on any atom is -0.330 e. The van der Waals surface area contributed by atoms with Crippen molar-refractivity contribution in [2.75, 3.05) is 0 Å². The largest absolute Gasteiger partial charge is 0.330 e. The molecule has 0 heterocycles. The number of amides is 1. The summed E-state index contributed by atoms with van der Waals surface area (Å²) in [6.45, 7) is 4.66. The van der Waals surface area contributed by atoms with E-state index in [0.717, 1.165) is 5.70 Å². The molecular formula is C9H13NO2. The Morgan fingerprint density at radius 2 is 1.75 bits per heavy atom. The molecule has 0 saturated heterocycles. The molecule has 0 radical (unpaired) electrons. The predicted molar refractivity (Wildman–Crippen MR) is 47.4 cm³/mol. The highest BCUT2D eigenvalue weighted by atomic mass is 16.1. The molecule has 12 heavy (non-hydrogen) atoms. The Bertz CT molecular complexity index is 239. The SMILES string of the molecule is CC(=O)/C=C\C=C(/C)NC(C)=O. The molecule has 0 aromatic heterocycles. The van der Waals surface area contributed by atoms with Gasteiger partial charge in [0.15, 0.2) is 5.78 Å². The molecule has 3 heteroatoms. The highest BCUT2D eigenvalue weighted by molar-refractivity contribution is 5.87. The lowest BCUT2D eigenvalue weighted by Crippen LogP contribution is -2.16. The van der Waals surface area contributed by atoms with Crippen molar-refractivity contribution in [3.8, 4) is 0 Å². The van der Waals surface area contributed by atoms with Crippen LogP contribution in [0.3, 0.4) is 0 Å². The number of ketones is 1. The lowest BCUT2D eigenvalue weighted by Gasteiger charge is -1.97. The lowest BCUT2D eigenvalue weighted by molar-refractivity contribution is -0.118. The molecule has 3 nitrogen and oxygen atoms in total. The average Bonchev–Trinajstić information content (AvgIpc) is 1.84. The first-order valence-electron chi connectivity index (χ1n) is 3.65. The van der Waals surface area contributed by atoms with Crippen molar-refractivity contribution < 1.29 is 9.59 Å². The zero-order valence-electron chi connectivity index (χ0n) is 7.55. The molecule has 1 N–H and O–H groups in total. The third-order valence-electron chi connectivity index (χ3n) is 1.05. The standard InChI is InChI=1S/C9H13NO2/c1-7(10-9(3)12)5-4-6-8(2)11/h4-6H,1-3H3,(H,10,12)/b6-4-,7-5+. The van der Waals surface area contributed by atoms with E-state index in [-0.39, 0.29) is 11.7 Å². The Kier molecular flexibility index (Phi) is 4.69. The zero-order valence-corrected chi connectivity index (χ0v) is 7.55. The van der Waals surface area contributed by atoms with E-state index in [1.807, 2.05) is 0 Å². The van der Waals surface area contributed by atoms with Crippen LogP contribution < -0.4 is 5.32 Å². The highest BCUT2D eigenvalue weighted by Gasteiger charge is 1.89.